The Labute approximate surface area is 93.5 Å². The second-order valence-corrected chi connectivity index (χ2v) is 3.67. The lowest BCUT2D eigenvalue weighted by molar-refractivity contribution is 0.209. The summed E-state index contributed by atoms with van der Waals surface area (Å²) in [7, 11) is 3.38. The number of hydrogen-bond donors (Lipinski definition) is 2. The summed E-state index contributed by atoms with van der Waals surface area (Å²) < 4.78 is 0. The molecule has 0 atom stereocenters. The topological polar surface area (TPSA) is 61.0 Å². The minimum Gasteiger partial charge on any atom is -0.345 e. The smallest absolute Gasteiger partial charge is 0.317 e. The number of carbonyl (C=O) groups excluding carboxylic acids is 1. The summed E-state index contributed by atoms with van der Waals surface area (Å²) in [5.74, 6) is 0. The molecule has 0 unspecified atom stereocenters. The summed E-state index contributed by atoms with van der Waals surface area (Å²) in [6.07, 6.45) is 1.66. The maximum atomic E-state index is 11.3. The molecule has 0 saturated carbocycles. The quantitative estimate of drug-likeness (QED) is 0.799. The zero-order chi connectivity index (χ0) is 11.5. The van der Waals surface area contributed by atoms with E-state index in [0.717, 1.165) is 16.6 Å². The molecule has 2 amide bonds. The van der Waals surface area contributed by atoms with E-state index in [9.17, 15) is 4.79 Å². The normalized spacial score (nSPS) is 10.4. The van der Waals surface area contributed by atoms with Crippen LogP contribution in [0.1, 0.15) is 5.56 Å². The molecule has 0 aliphatic heterocycles. The fraction of sp³-hybridized carbons (Fsp3) is 0.273. The van der Waals surface area contributed by atoms with Gasteiger partial charge < -0.3 is 15.2 Å². The summed E-state index contributed by atoms with van der Waals surface area (Å²) in [6, 6.07) is 5.83. The van der Waals surface area contributed by atoms with Crippen LogP contribution in [0.3, 0.4) is 0 Å². The van der Waals surface area contributed by atoms with Crippen LogP contribution in [0.15, 0.2) is 24.5 Å². The first-order valence-electron chi connectivity index (χ1n) is 5.05. The minimum absolute atomic E-state index is 0.0929. The third kappa shape index (κ3) is 1.98. The molecule has 16 heavy (non-hydrogen) atoms. The van der Waals surface area contributed by atoms with Crippen LogP contribution in [0.2, 0.25) is 0 Å². The van der Waals surface area contributed by atoms with E-state index in [1.54, 1.807) is 25.3 Å². The first-order chi connectivity index (χ1) is 7.70. The van der Waals surface area contributed by atoms with Gasteiger partial charge in [-0.15, -0.1) is 0 Å². The molecular weight excluding hydrogens is 204 g/mol. The maximum Gasteiger partial charge on any atom is 0.317 e. The molecule has 2 rings (SSSR count). The van der Waals surface area contributed by atoms with Crippen molar-refractivity contribution in [1.29, 1.82) is 0 Å². The predicted molar refractivity (Wildman–Crippen MR) is 62.0 cm³/mol. The van der Waals surface area contributed by atoms with Crippen LogP contribution in [-0.2, 0) is 6.54 Å². The van der Waals surface area contributed by atoms with Crippen LogP contribution in [0.5, 0.6) is 0 Å². The largest absolute Gasteiger partial charge is 0.345 e. The molecule has 0 spiro atoms. The first-order valence-corrected chi connectivity index (χ1v) is 5.05. The highest BCUT2D eigenvalue weighted by Gasteiger charge is 2.07. The molecule has 0 radical (unpaired) electrons. The molecular formula is C11H14N4O. The number of fused-ring (bicyclic) bond motifs is 1. The number of nitrogens with one attached hydrogen (secondary N) is 2. The van der Waals surface area contributed by atoms with E-state index in [1.807, 2.05) is 18.2 Å². The van der Waals surface area contributed by atoms with Gasteiger partial charge in [0.2, 0.25) is 0 Å². The number of nitrogens with zero attached hydrogens (tertiary/aromatic N) is 2. The number of urea groups is 1. The van der Waals surface area contributed by atoms with Crippen molar-refractivity contribution >= 4 is 17.1 Å². The van der Waals surface area contributed by atoms with Gasteiger partial charge in [-0.05, 0) is 17.7 Å². The van der Waals surface area contributed by atoms with Crippen molar-refractivity contribution < 1.29 is 4.79 Å². The van der Waals surface area contributed by atoms with Crippen LogP contribution in [0.4, 0.5) is 4.79 Å². The molecule has 0 saturated heterocycles. The molecule has 1 aromatic heterocycles. The zero-order valence-electron chi connectivity index (χ0n) is 9.32. The summed E-state index contributed by atoms with van der Waals surface area (Å²) in [4.78, 5) is 20.1. The van der Waals surface area contributed by atoms with Crippen LogP contribution in [0, 0.1) is 0 Å². The number of amides is 2. The van der Waals surface area contributed by atoms with Gasteiger partial charge in [0, 0.05) is 20.6 Å². The predicted octanol–water partition coefficient (Wildman–Crippen LogP) is 1.33. The van der Waals surface area contributed by atoms with Crippen LogP contribution >= 0.6 is 0 Å². The lowest BCUT2D eigenvalue weighted by atomic mass is 10.2. The van der Waals surface area contributed by atoms with Crippen molar-refractivity contribution in [3.63, 3.8) is 0 Å². The van der Waals surface area contributed by atoms with Gasteiger partial charge in [-0.3, -0.25) is 0 Å². The average molecular weight is 218 g/mol. The summed E-state index contributed by atoms with van der Waals surface area (Å²) >= 11 is 0. The molecule has 1 heterocycles. The van der Waals surface area contributed by atoms with E-state index in [0.29, 0.717) is 6.54 Å². The lowest BCUT2D eigenvalue weighted by Gasteiger charge is -2.16. The molecule has 2 aromatic rings. The molecule has 2 N–H and O–H groups in total. The van der Waals surface area contributed by atoms with Gasteiger partial charge in [-0.2, -0.15) is 0 Å². The fourth-order valence-corrected chi connectivity index (χ4v) is 1.62. The number of aromatic nitrogens is 2. The van der Waals surface area contributed by atoms with Gasteiger partial charge in [0.15, 0.2) is 0 Å². The highest BCUT2D eigenvalue weighted by molar-refractivity contribution is 5.76. The van der Waals surface area contributed by atoms with E-state index in [2.05, 4.69) is 15.3 Å². The first kappa shape index (κ1) is 10.5. The number of benzene rings is 1. The van der Waals surface area contributed by atoms with E-state index >= 15 is 0 Å². The number of imidazole rings is 1. The molecule has 0 fully saturated rings. The maximum absolute atomic E-state index is 11.3. The Hall–Kier alpha value is -2.04. The molecule has 0 bridgehead atoms. The third-order valence-electron chi connectivity index (χ3n) is 2.46. The van der Waals surface area contributed by atoms with Gasteiger partial charge >= 0.3 is 6.03 Å². The van der Waals surface area contributed by atoms with E-state index in [1.165, 1.54) is 0 Å². The Morgan fingerprint density at radius 2 is 2.38 bits per heavy atom. The Kier molecular flexibility index (Phi) is 2.76. The van der Waals surface area contributed by atoms with Crippen LogP contribution in [0.25, 0.3) is 11.0 Å². The van der Waals surface area contributed by atoms with Crippen molar-refractivity contribution in [1.82, 2.24) is 20.2 Å². The Morgan fingerprint density at radius 3 is 3.12 bits per heavy atom. The number of H-pyrrole nitrogens is 1. The molecule has 1 aromatic carbocycles. The minimum atomic E-state index is -0.0929. The third-order valence-corrected chi connectivity index (χ3v) is 2.46. The van der Waals surface area contributed by atoms with E-state index in [-0.39, 0.29) is 6.03 Å². The number of hydrogen-bond acceptors (Lipinski definition) is 2. The second kappa shape index (κ2) is 4.22. The molecule has 84 valence electrons. The molecule has 5 heteroatoms. The highest BCUT2D eigenvalue weighted by atomic mass is 16.2. The zero-order valence-corrected chi connectivity index (χ0v) is 9.32. The number of rotatable bonds is 2. The van der Waals surface area contributed by atoms with Crippen LogP contribution in [-0.4, -0.2) is 35.0 Å². The fourth-order valence-electron chi connectivity index (χ4n) is 1.62. The van der Waals surface area contributed by atoms with Crippen LogP contribution < -0.4 is 5.32 Å². The van der Waals surface area contributed by atoms with E-state index in [4.69, 9.17) is 0 Å². The van der Waals surface area contributed by atoms with Crippen molar-refractivity contribution in [2.75, 3.05) is 14.1 Å². The number of aromatic amines is 1. The van der Waals surface area contributed by atoms with Gasteiger partial charge in [0.25, 0.3) is 0 Å². The highest BCUT2D eigenvalue weighted by Crippen LogP contribution is 2.12. The average Bonchev–Trinajstić information content (AvgIpc) is 2.75. The summed E-state index contributed by atoms with van der Waals surface area (Å²) in [6.45, 7) is 0.578. The van der Waals surface area contributed by atoms with Gasteiger partial charge in [-0.1, -0.05) is 6.07 Å². The lowest BCUT2D eigenvalue weighted by Crippen LogP contribution is -2.34. The Balaban J connectivity index is 2.17. The standard InChI is InChI=1S/C11H14N4O/c1-12-11(16)15(2)6-8-3-4-9-10(5-8)14-7-13-9/h3-5,7H,6H2,1-2H3,(H,12,16)(H,13,14). The van der Waals surface area contributed by atoms with E-state index < -0.39 is 0 Å². The van der Waals surface area contributed by atoms with Gasteiger partial charge in [0.1, 0.15) is 0 Å². The number of carbonyl (C=O) groups is 1. The summed E-state index contributed by atoms with van der Waals surface area (Å²) in [5, 5.41) is 2.58. The Morgan fingerprint density at radius 1 is 1.56 bits per heavy atom. The van der Waals surface area contributed by atoms with Crippen molar-refractivity contribution in [3.8, 4) is 0 Å². The Bertz CT molecular complexity index is 505. The van der Waals surface area contributed by atoms with Crippen molar-refractivity contribution in [2.24, 2.45) is 0 Å². The van der Waals surface area contributed by atoms with Gasteiger partial charge in [-0.25, -0.2) is 9.78 Å². The molecule has 5 nitrogen and oxygen atoms in total. The van der Waals surface area contributed by atoms with Crippen molar-refractivity contribution in [3.05, 3.63) is 30.1 Å². The SMILES string of the molecule is CNC(=O)N(C)Cc1ccc2nc[nH]c2c1. The summed E-state index contributed by atoms with van der Waals surface area (Å²) in [5.41, 5.74) is 3.00. The monoisotopic (exact) mass is 218 g/mol. The van der Waals surface area contributed by atoms with Gasteiger partial charge in [0.05, 0.1) is 17.4 Å². The van der Waals surface area contributed by atoms with Crippen molar-refractivity contribution in [2.45, 2.75) is 6.54 Å². The molecule has 0 aliphatic rings. The molecule has 0 aliphatic carbocycles. The second-order valence-electron chi connectivity index (χ2n) is 3.67.